The van der Waals surface area contributed by atoms with Crippen molar-refractivity contribution in [2.75, 3.05) is 12.8 Å². The second kappa shape index (κ2) is 12.0. The predicted molar refractivity (Wildman–Crippen MR) is 165 cm³/mol. The van der Waals surface area contributed by atoms with Crippen LogP contribution in [0.15, 0.2) is 109 Å². The number of aromatic nitrogens is 4. The summed E-state index contributed by atoms with van der Waals surface area (Å²) in [5.41, 5.74) is 13.3. The van der Waals surface area contributed by atoms with Gasteiger partial charge in [-0.1, -0.05) is 54.6 Å². The number of rotatable bonds is 8. The van der Waals surface area contributed by atoms with E-state index in [9.17, 15) is 9.59 Å². The first-order valence-electron chi connectivity index (χ1n) is 13.7. The van der Waals surface area contributed by atoms with Crippen molar-refractivity contribution in [2.24, 2.45) is 0 Å². The molecule has 3 aromatic carbocycles. The third kappa shape index (κ3) is 5.82. The number of pyridine rings is 2. The lowest BCUT2D eigenvalue weighted by molar-refractivity contribution is -0.139. The van der Waals surface area contributed by atoms with Crippen LogP contribution in [-0.2, 0) is 22.5 Å². The van der Waals surface area contributed by atoms with Gasteiger partial charge in [-0.25, -0.2) is 15.0 Å². The number of carbonyl (C=O) groups is 2. The van der Waals surface area contributed by atoms with Crippen LogP contribution in [0.2, 0.25) is 0 Å². The maximum atomic E-state index is 12.8. The van der Waals surface area contributed by atoms with Crippen LogP contribution in [0.1, 0.15) is 21.5 Å². The van der Waals surface area contributed by atoms with Crippen LogP contribution in [0.3, 0.4) is 0 Å². The lowest BCUT2D eigenvalue weighted by atomic mass is 10.1. The average Bonchev–Trinajstić information content (AvgIpc) is 3.43. The number of hydrogen-bond acceptors (Lipinski definition) is 7. The Morgan fingerprint density at radius 1 is 0.860 bits per heavy atom. The average molecular weight is 569 g/mol. The van der Waals surface area contributed by atoms with Crippen molar-refractivity contribution in [3.63, 3.8) is 0 Å². The van der Waals surface area contributed by atoms with Gasteiger partial charge in [0.1, 0.15) is 11.3 Å². The van der Waals surface area contributed by atoms with Gasteiger partial charge in [0.25, 0.3) is 5.91 Å². The van der Waals surface area contributed by atoms with E-state index in [1.807, 2.05) is 83.6 Å². The minimum atomic E-state index is -0.357. The molecule has 0 bridgehead atoms. The van der Waals surface area contributed by atoms with Gasteiger partial charge in [0.15, 0.2) is 11.5 Å². The van der Waals surface area contributed by atoms with Crippen LogP contribution in [0.4, 0.5) is 5.82 Å². The van der Waals surface area contributed by atoms with Crippen molar-refractivity contribution < 1.29 is 14.3 Å². The van der Waals surface area contributed by atoms with E-state index in [-0.39, 0.29) is 18.3 Å². The van der Waals surface area contributed by atoms with Gasteiger partial charge in [-0.2, -0.15) is 0 Å². The monoisotopic (exact) mass is 568 g/mol. The molecular weight excluding hydrogens is 540 g/mol. The van der Waals surface area contributed by atoms with Gasteiger partial charge in [-0.15, -0.1) is 0 Å². The highest BCUT2D eigenvalue weighted by Gasteiger charge is 2.19. The number of imidazole rings is 1. The van der Waals surface area contributed by atoms with Gasteiger partial charge < -0.3 is 15.8 Å². The number of nitrogens with one attached hydrogen (secondary N) is 1. The van der Waals surface area contributed by atoms with Crippen LogP contribution >= 0.6 is 0 Å². The number of esters is 1. The maximum Gasteiger partial charge on any atom is 0.309 e. The molecule has 0 radical (unpaired) electrons. The van der Waals surface area contributed by atoms with E-state index in [0.717, 1.165) is 27.9 Å². The zero-order valence-electron chi connectivity index (χ0n) is 23.4. The molecule has 0 saturated carbocycles. The second-order valence-corrected chi connectivity index (χ2v) is 9.94. The lowest BCUT2D eigenvalue weighted by Gasteiger charge is -2.12. The number of nitrogens with two attached hydrogens (primary N) is 1. The van der Waals surface area contributed by atoms with E-state index in [2.05, 4.69) is 10.3 Å². The zero-order valence-corrected chi connectivity index (χ0v) is 23.4. The first kappa shape index (κ1) is 27.3. The van der Waals surface area contributed by atoms with Gasteiger partial charge in [-0.3, -0.25) is 14.2 Å². The minimum Gasteiger partial charge on any atom is -0.469 e. The van der Waals surface area contributed by atoms with Crippen molar-refractivity contribution >= 4 is 28.9 Å². The zero-order chi connectivity index (χ0) is 29.8. The molecular formula is C34H28N6O3. The highest BCUT2D eigenvalue weighted by atomic mass is 16.5. The Bertz CT molecular complexity index is 1930. The molecule has 212 valence electrons. The van der Waals surface area contributed by atoms with E-state index in [1.54, 1.807) is 30.5 Å². The van der Waals surface area contributed by atoms with Crippen LogP contribution in [-0.4, -0.2) is 38.5 Å². The molecule has 1 amide bonds. The predicted octanol–water partition coefficient (Wildman–Crippen LogP) is 5.38. The number of carbonyl (C=O) groups excluding carboxylic acids is 2. The topological polar surface area (TPSA) is 125 Å². The SMILES string of the molecule is COC(=O)Cc1cccc(C(=O)NCc2ccc(-n3c(-c4cccnc4N)nc4cc(-c5ccccc5)cnc43)cc2)c1. The van der Waals surface area contributed by atoms with Gasteiger partial charge in [0.05, 0.1) is 19.1 Å². The molecule has 0 saturated heterocycles. The van der Waals surface area contributed by atoms with E-state index in [0.29, 0.717) is 40.5 Å². The van der Waals surface area contributed by atoms with Crippen molar-refractivity contribution in [3.05, 3.63) is 126 Å². The molecule has 9 heteroatoms. The summed E-state index contributed by atoms with van der Waals surface area (Å²) in [5, 5.41) is 2.95. The summed E-state index contributed by atoms with van der Waals surface area (Å²) in [4.78, 5) is 38.5. The first-order valence-corrected chi connectivity index (χ1v) is 13.7. The number of methoxy groups -OCH3 is 1. The van der Waals surface area contributed by atoms with Crippen LogP contribution in [0.25, 0.3) is 39.4 Å². The number of ether oxygens (including phenoxy) is 1. The molecule has 6 aromatic rings. The maximum absolute atomic E-state index is 12.8. The fraction of sp³-hybridized carbons (Fsp3) is 0.0882. The number of nitrogens with zero attached hydrogens (tertiary/aromatic N) is 4. The van der Waals surface area contributed by atoms with Crippen molar-refractivity contribution in [3.8, 4) is 28.2 Å². The van der Waals surface area contributed by atoms with Crippen LogP contribution in [0.5, 0.6) is 0 Å². The Hall–Kier alpha value is -5.83. The van der Waals surface area contributed by atoms with E-state index in [1.165, 1.54) is 7.11 Å². The smallest absolute Gasteiger partial charge is 0.309 e. The Balaban J connectivity index is 1.28. The molecule has 0 spiro atoms. The molecule has 0 aliphatic carbocycles. The van der Waals surface area contributed by atoms with Gasteiger partial charge >= 0.3 is 5.97 Å². The Morgan fingerprint density at radius 2 is 1.67 bits per heavy atom. The molecule has 0 fully saturated rings. The summed E-state index contributed by atoms with van der Waals surface area (Å²) in [7, 11) is 1.34. The summed E-state index contributed by atoms with van der Waals surface area (Å²) in [6.07, 6.45) is 3.60. The fourth-order valence-electron chi connectivity index (χ4n) is 4.89. The summed E-state index contributed by atoms with van der Waals surface area (Å²) >= 11 is 0. The molecule has 0 atom stereocenters. The minimum absolute atomic E-state index is 0.108. The highest BCUT2D eigenvalue weighted by molar-refractivity contribution is 5.94. The van der Waals surface area contributed by atoms with Crippen molar-refractivity contribution in [1.29, 1.82) is 0 Å². The molecule has 3 N–H and O–H groups in total. The van der Waals surface area contributed by atoms with Crippen molar-refractivity contribution in [2.45, 2.75) is 13.0 Å². The molecule has 0 unspecified atom stereocenters. The summed E-state index contributed by atoms with van der Waals surface area (Å²) in [6, 6.07) is 30.5. The summed E-state index contributed by atoms with van der Waals surface area (Å²) in [6.45, 7) is 0.326. The van der Waals surface area contributed by atoms with Crippen LogP contribution in [0, 0.1) is 0 Å². The van der Waals surface area contributed by atoms with E-state index in [4.69, 9.17) is 20.4 Å². The third-order valence-corrected chi connectivity index (χ3v) is 7.10. The number of anilines is 1. The molecule has 0 aliphatic rings. The van der Waals surface area contributed by atoms with Crippen LogP contribution < -0.4 is 11.1 Å². The standard InChI is InChI=1S/C34H28N6O3/c1-43-30(41)18-23-7-5-10-25(17-23)34(42)38-20-22-12-14-27(15-13-22)40-32(28-11-6-16-36-31(28)35)39-29-19-26(21-37-33(29)40)24-8-3-2-4-9-24/h2-17,19,21H,18,20H2,1H3,(H2,35,36)(H,38,42). The molecule has 3 aromatic heterocycles. The number of hydrogen-bond donors (Lipinski definition) is 2. The lowest BCUT2D eigenvalue weighted by Crippen LogP contribution is -2.23. The summed E-state index contributed by atoms with van der Waals surface area (Å²) < 4.78 is 6.69. The first-order chi connectivity index (χ1) is 21.0. The van der Waals surface area contributed by atoms with E-state index >= 15 is 0 Å². The van der Waals surface area contributed by atoms with E-state index < -0.39 is 0 Å². The number of benzene rings is 3. The third-order valence-electron chi connectivity index (χ3n) is 7.10. The molecule has 43 heavy (non-hydrogen) atoms. The van der Waals surface area contributed by atoms with Gasteiger partial charge in [0, 0.05) is 35.8 Å². The number of nitrogen functional groups attached to an aromatic ring is 1. The summed E-state index contributed by atoms with van der Waals surface area (Å²) in [5.74, 6) is 0.414. The molecule has 6 rings (SSSR count). The Labute approximate surface area is 248 Å². The molecule has 3 heterocycles. The second-order valence-electron chi connectivity index (χ2n) is 9.94. The Kier molecular flexibility index (Phi) is 7.60. The number of amides is 1. The highest BCUT2D eigenvalue weighted by Crippen LogP contribution is 2.32. The Morgan fingerprint density at radius 3 is 2.44 bits per heavy atom. The van der Waals surface area contributed by atoms with Crippen molar-refractivity contribution in [1.82, 2.24) is 24.8 Å². The molecule has 9 nitrogen and oxygen atoms in total. The fourth-order valence-corrected chi connectivity index (χ4v) is 4.89. The number of fused-ring (bicyclic) bond motifs is 1. The van der Waals surface area contributed by atoms with Gasteiger partial charge in [-0.05, 0) is 59.2 Å². The normalized spacial score (nSPS) is 10.9. The largest absolute Gasteiger partial charge is 0.469 e. The van der Waals surface area contributed by atoms with Gasteiger partial charge in [0.2, 0.25) is 0 Å². The molecule has 0 aliphatic heterocycles. The quantitative estimate of drug-likeness (QED) is 0.236.